The summed E-state index contributed by atoms with van der Waals surface area (Å²) in [7, 11) is 0. The minimum Gasteiger partial charge on any atom is -0.348 e. The van der Waals surface area contributed by atoms with Crippen LogP contribution in [0.15, 0.2) is 42.5 Å². The van der Waals surface area contributed by atoms with E-state index >= 15 is 0 Å². The summed E-state index contributed by atoms with van der Waals surface area (Å²) >= 11 is 0. The van der Waals surface area contributed by atoms with Gasteiger partial charge in [0.1, 0.15) is 11.6 Å². The van der Waals surface area contributed by atoms with Crippen LogP contribution in [-0.2, 0) is 6.54 Å². The van der Waals surface area contributed by atoms with E-state index in [1.807, 2.05) is 13.0 Å². The Morgan fingerprint density at radius 3 is 2.71 bits per heavy atom. The molecule has 0 aliphatic rings. The fourth-order valence-corrected chi connectivity index (χ4v) is 2.93. The summed E-state index contributed by atoms with van der Waals surface area (Å²) in [4.78, 5) is 16.9. The Hall–Kier alpha value is -2.69. The van der Waals surface area contributed by atoms with Gasteiger partial charge < -0.3 is 9.88 Å². The maximum atomic E-state index is 13.6. The maximum Gasteiger partial charge on any atom is 0.251 e. The Balaban J connectivity index is 1.82. The molecule has 0 saturated carbocycles. The number of hydrogen-bond donors (Lipinski definition) is 1. The van der Waals surface area contributed by atoms with Gasteiger partial charge in [-0.15, -0.1) is 0 Å². The van der Waals surface area contributed by atoms with Crippen LogP contribution >= 0.6 is 0 Å². The number of carbonyl (C=O) groups excluding carboxylic acids is 1. The standard InChI is InChI=1S/C19H20FN3O/c1-12(2)23-13(3)22-17-10-14(8-9-18(17)23)19(24)21-11-15-6-4-5-7-16(15)20/h4-10,12H,11H2,1-3H3,(H,21,24). The van der Waals surface area contributed by atoms with E-state index < -0.39 is 0 Å². The number of benzene rings is 2. The van der Waals surface area contributed by atoms with Crippen LogP contribution in [0.2, 0.25) is 0 Å². The zero-order valence-electron chi connectivity index (χ0n) is 14.0. The van der Waals surface area contributed by atoms with Gasteiger partial charge in [-0.3, -0.25) is 4.79 Å². The minimum atomic E-state index is -0.320. The van der Waals surface area contributed by atoms with Crippen molar-refractivity contribution < 1.29 is 9.18 Å². The molecule has 3 rings (SSSR count). The van der Waals surface area contributed by atoms with Crippen LogP contribution in [-0.4, -0.2) is 15.5 Å². The molecular formula is C19H20FN3O. The number of amides is 1. The highest BCUT2D eigenvalue weighted by molar-refractivity contribution is 5.97. The maximum absolute atomic E-state index is 13.6. The number of aryl methyl sites for hydroxylation is 1. The van der Waals surface area contributed by atoms with E-state index in [9.17, 15) is 9.18 Å². The first-order valence-electron chi connectivity index (χ1n) is 7.97. The Kier molecular flexibility index (Phi) is 4.34. The van der Waals surface area contributed by atoms with Crippen molar-refractivity contribution in [2.24, 2.45) is 0 Å². The zero-order chi connectivity index (χ0) is 17.3. The Bertz CT molecular complexity index is 899. The van der Waals surface area contributed by atoms with Crippen molar-refractivity contribution in [3.05, 3.63) is 65.2 Å². The van der Waals surface area contributed by atoms with E-state index in [1.54, 1.807) is 30.3 Å². The molecule has 0 unspecified atom stereocenters. The molecule has 124 valence electrons. The highest BCUT2D eigenvalue weighted by Gasteiger charge is 2.13. The summed E-state index contributed by atoms with van der Waals surface area (Å²) in [6.07, 6.45) is 0. The third-order valence-electron chi connectivity index (χ3n) is 4.04. The first-order valence-corrected chi connectivity index (χ1v) is 7.97. The third-order valence-corrected chi connectivity index (χ3v) is 4.04. The Morgan fingerprint density at radius 2 is 2.00 bits per heavy atom. The van der Waals surface area contributed by atoms with Crippen molar-refractivity contribution >= 4 is 16.9 Å². The molecule has 3 aromatic rings. The number of halogens is 1. The van der Waals surface area contributed by atoms with Crippen molar-refractivity contribution in [2.45, 2.75) is 33.4 Å². The number of rotatable bonds is 4. The SMILES string of the molecule is Cc1nc2cc(C(=O)NCc3ccccc3F)ccc2n1C(C)C. The molecule has 1 aromatic heterocycles. The lowest BCUT2D eigenvalue weighted by Gasteiger charge is -2.11. The van der Waals surface area contributed by atoms with E-state index in [2.05, 4.69) is 28.7 Å². The monoisotopic (exact) mass is 325 g/mol. The summed E-state index contributed by atoms with van der Waals surface area (Å²) in [5.74, 6) is 0.361. The van der Waals surface area contributed by atoms with E-state index in [-0.39, 0.29) is 18.3 Å². The van der Waals surface area contributed by atoms with Gasteiger partial charge in [0.25, 0.3) is 5.91 Å². The zero-order valence-corrected chi connectivity index (χ0v) is 14.0. The van der Waals surface area contributed by atoms with E-state index in [0.717, 1.165) is 16.9 Å². The van der Waals surface area contributed by atoms with Crippen molar-refractivity contribution in [1.29, 1.82) is 0 Å². The largest absolute Gasteiger partial charge is 0.348 e. The highest BCUT2D eigenvalue weighted by atomic mass is 19.1. The average molecular weight is 325 g/mol. The lowest BCUT2D eigenvalue weighted by molar-refractivity contribution is 0.0950. The normalized spacial score (nSPS) is 11.2. The molecule has 0 aliphatic heterocycles. The van der Waals surface area contributed by atoms with Crippen LogP contribution in [0.4, 0.5) is 4.39 Å². The van der Waals surface area contributed by atoms with Crippen molar-refractivity contribution in [2.75, 3.05) is 0 Å². The summed E-state index contributed by atoms with van der Waals surface area (Å²) < 4.78 is 15.7. The van der Waals surface area contributed by atoms with E-state index in [1.165, 1.54) is 6.07 Å². The van der Waals surface area contributed by atoms with Gasteiger partial charge in [0, 0.05) is 23.7 Å². The molecule has 2 aromatic carbocycles. The molecule has 4 nitrogen and oxygen atoms in total. The van der Waals surface area contributed by atoms with Crippen LogP contribution in [0.5, 0.6) is 0 Å². The molecule has 5 heteroatoms. The Labute approximate surface area is 140 Å². The molecule has 0 bridgehead atoms. The van der Waals surface area contributed by atoms with Crippen LogP contribution in [0.1, 0.15) is 41.6 Å². The van der Waals surface area contributed by atoms with Gasteiger partial charge >= 0.3 is 0 Å². The molecule has 0 spiro atoms. The number of imidazole rings is 1. The van der Waals surface area contributed by atoms with Gasteiger partial charge in [-0.1, -0.05) is 18.2 Å². The van der Waals surface area contributed by atoms with Gasteiger partial charge in [-0.05, 0) is 45.0 Å². The van der Waals surface area contributed by atoms with Crippen LogP contribution in [0.3, 0.4) is 0 Å². The number of carbonyl (C=O) groups is 1. The number of fused-ring (bicyclic) bond motifs is 1. The molecule has 0 radical (unpaired) electrons. The topological polar surface area (TPSA) is 46.9 Å². The smallest absolute Gasteiger partial charge is 0.251 e. The van der Waals surface area contributed by atoms with Gasteiger partial charge in [0.15, 0.2) is 0 Å². The van der Waals surface area contributed by atoms with Crippen LogP contribution in [0, 0.1) is 12.7 Å². The fourth-order valence-electron chi connectivity index (χ4n) is 2.93. The number of aromatic nitrogens is 2. The first kappa shape index (κ1) is 16.2. The Morgan fingerprint density at radius 1 is 1.25 bits per heavy atom. The number of nitrogens with one attached hydrogen (secondary N) is 1. The second-order valence-electron chi connectivity index (χ2n) is 6.10. The van der Waals surface area contributed by atoms with E-state index in [0.29, 0.717) is 17.2 Å². The minimum absolute atomic E-state index is 0.156. The third kappa shape index (κ3) is 3.02. The molecule has 0 fully saturated rings. The average Bonchev–Trinajstić information content (AvgIpc) is 2.88. The second-order valence-corrected chi connectivity index (χ2v) is 6.10. The van der Waals surface area contributed by atoms with Crippen LogP contribution < -0.4 is 5.32 Å². The predicted octanol–water partition coefficient (Wildman–Crippen LogP) is 3.99. The predicted molar refractivity (Wildman–Crippen MR) is 92.4 cm³/mol. The summed E-state index contributed by atoms with van der Waals surface area (Å²) in [5.41, 5.74) is 2.78. The fraction of sp³-hybridized carbons (Fsp3) is 0.263. The molecule has 0 atom stereocenters. The number of hydrogen-bond acceptors (Lipinski definition) is 2. The molecule has 1 N–H and O–H groups in total. The second kappa shape index (κ2) is 6.43. The quantitative estimate of drug-likeness (QED) is 0.788. The van der Waals surface area contributed by atoms with Crippen molar-refractivity contribution in [3.63, 3.8) is 0 Å². The van der Waals surface area contributed by atoms with Gasteiger partial charge in [0.05, 0.1) is 11.0 Å². The lowest BCUT2D eigenvalue weighted by Crippen LogP contribution is -2.23. The summed E-state index contributed by atoms with van der Waals surface area (Å²) in [6, 6.07) is 12.2. The van der Waals surface area contributed by atoms with Crippen molar-refractivity contribution in [3.8, 4) is 0 Å². The summed E-state index contributed by atoms with van der Waals surface area (Å²) in [6.45, 7) is 6.31. The van der Waals surface area contributed by atoms with Gasteiger partial charge in [0.2, 0.25) is 0 Å². The number of nitrogens with zero attached hydrogens (tertiary/aromatic N) is 2. The van der Waals surface area contributed by atoms with Crippen LogP contribution in [0.25, 0.3) is 11.0 Å². The molecule has 24 heavy (non-hydrogen) atoms. The molecule has 1 heterocycles. The molecule has 1 amide bonds. The van der Waals surface area contributed by atoms with E-state index in [4.69, 9.17) is 0 Å². The molecule has 0 saturated heterocycles. The molecular weight excluding hydrogens is 305 g/mol. The van der Waals surface area contributed by atoms with Gasteiger partial charge in [-0.2, -0.15) is 0 Å². The lowest BCUT2D eigenvalue weighted by atomic mass is 10.1. The molecule has 0 aliphatic carbocycles. The van der Waals surface area contributed by atoms with Crippen molar-refractivity contribution in [1.82, 2.24) is 14.9 Å². The summed E-state index contributed by atoms with van der Waals surface area (Å²) in [5, 5.41) is 2.75. The van der Waals surface area contributed by atoms with Gasteiger partial charge in [-0.25, -0.2) is 9.37 Å². The first-order chi connectivity index (χ1) is 11.5. The highest BCUT2D eigenvalue weighted by Crippen LogP contribution is 2.21.